The average Bonchev–Trinajstić information content (AvgIpc) is 2.80. The Labute approximate surface area is 132 Å². The topological polar surface area (TPSA) is 85.8 Å². The Morgan fingerprint density at radius 3 is 2.95 bits per heavy atom. The maximum absolute atomic E-state index is 11.7. The second-order valence-electron chi connectivity index (χ2n) is 4.34. The molecular weight excluding hydrogens is 310 g/mol. The molecule has 3 N–H and O–H groups in total. The van der Waals surface area contributed by atoms with E-state index in [-0.39, 0.29) is 11.2 Å². The van der Waals surface area contributed by atoms with Crippen molar-refractivity contribution in [1.82, 2.24) is 20.2 Å². The van der Waals surface area contributed by atoms with Gasteiger partial charge in [-0.2, -0.15) is 0 Å². The molecule has 0 spiro atoms. The Kier molecular flexibility index (Phi) is 5.08. The average molecular weight is 326 g/mol. The maximum Gasteiger partial charge on any atom is 0.233 e. The molecule has 2 aromatic rings. The minimum atomic E-state index is -0.302. The van der Waals surface area contributed by atoms with Gasteiger partial charge in [0.15, 0.2) is 5.82 Å². The molecule has 0 aliphatic carbocycles. The number of nitrogen functional groups attached to an aromatic ring is 1. The number of halogens is 1. The summed E-state index contributed by atoms with van der Waals surface area (Å²) in [6.45, 7) is 4.26. The van der Waals surface area contributed by atoms with Gasteiger partial charge in [-0.25, -0.2) is 4.68 Å². The van der Waals surface area contributed by atoms with Crippen molar-refractivity contribution in [3.8, 4) is 11.4 Å². The molecule has 0 unspecified atom stereocenters. The van der Waals surface area contributed by atoms with Crippen LogP contribution in [0.25, 0.3) is 11.4 Å². The zero-order valence-electron chi connectivity index (χ0n) is 11.7. The number of benzene rings is 1. The van der Waals surface area contributed by atoms with Gasteiger partial charge >= 0.3 is 0 Å². The van der Waals surface area contributed by atoms with Crippen LogP contribution < -0.4 is 11.2 Å². The third-order valence-electron chi connectivity index (χ3n) is 2.75. The van der Waals surface area contributed by atoms with Gasteiger partial charge in [-0.15, -0.1) is 10.2 Å². The van der Waals surface area contributed by atoms with E-state index in [1.54, 1.807) is 19.1 Å². The van der Waals surface area contributed by atoms with Crippen molar-refractivity contribution in [3.63, 3.8) is 0 Å². The van der Waals surface area contributed by atoms with E-state index in [0.717, 1.165) is 5.56 Å². The van der Waals surface area contributed by atoms with Crippen molar-refractivity contribution in [1.29, 1.82) is 0 Å². The monoisotopic (exact) mass is 325 g/mol. The molecule has 1 heterocycles. The molecule has 0 saturated carbocycles. The summed E-state index contributed by atoms with van der Waals surface area (Å²) in [5.74, 6) is 6.45. The van der Waals surface area contributed by atoms with Gasteiger partial charge in [0.2, 0.25) is 11.1 Å². The summed E-state index contributed by atoms with van der Waals surface area (Å²) in [5.41, 5.74) is 0.773. The molecule has 8 heteroatoms. The molecule has 1 amide bonds. The van der Waals surface area contributed by atoms with Crippen LogP contribution in [0.5, 0.6) is 0 Å². The fourth-order valence-electron chi connectivity index (χ4n) is 1.71. The van der Waals surface area contributed by atoms with Crippen molar-refractivity contribution < 1.29 is 4.79 Å². The molecule has 21 heavy (non-hydrogen) atoms. The van der Waals surface area contributed by atoms with Crippen LogP contribution in [0, 0.1) is 0 Å². The number of carbonyl (C=O) groups excluding carboxylic acids is 1. The molecule has 0 bridgehead atoms. The van der Waals surface area contributed by atoms with Gasteiger partial charge in [0.05, 0.1) is 5.25 Å². The third kappa shape index (κ3) is 3.68. The largest absolute Gasteiger partial charge is 0.355 e. The lowest BCUT2D eigenvalue weighted by molar-refractivity contribution is -0.120. The van der Waals surface area contributed by atoms with Crippen molar-refractivity contribution in [2.45, 2.75) is 24.3 Å². The van der Waals surface area contributed by atoms with Crippen LogP contribution in [0.2, 0.25) is 5.02 Å². The molecule has 112 valence electrons. The second-order valence-corrected chi connectivity index (χ2v) is 6.09. The molecule has 2 rings (SSSR count). The fraction of sp³-hybridized carbons (Fsp3) is 0.308. The first-order valence-corrected chi connectivity index (χ1v) is 7.69. The molecular formula is C13H16ClN5OS. The molecule has 0 radical (unpaired) electrons. The molecule has 0 saturated heterocycles. The molecule has 0 aliphatic rings. The van der Waals surface area contributed by atoms with Crippen LogP contribution in [0.1, 0.15) is 13.8 Å². The molecule has 1 atom stereocenters. The SMILES string of the molecule is CCNC(=O)[C@@H](C)Sc1nnc(-c2cccc(Cl)c2)n1N. The lowest BCUT2D eigenvalue weighted by Gasteiger charge is -2.10. The highest BCUT2D eigenvalue weighted by Gasteiger charge is 2.19. The van der Waals surface area contributed by atoms with Crippen LogP contribution in [-0.2, 0) is 4.79 Å². The number of hydrogen-bond donors (Lipinski definition) is 2. The van der Waals surface area contributed by atoms with E-state index >= 15 is 0 Å². The summed E-state index contributed by atoms with van der Waals surface area (Å²) in [6.07, 6.45) is 0. The number of nitrogens with one attached hydrogen (secondary N) is 1. The lowest BCUT2D eigenvalue weighted by atomic mass is 10.2. The van der Waals surface area contributed by atoms with Gasteiger partial charge in [-0.3, -0.25) is 4.79 Å². The van der Waals surface area contributed by atoms with Crippen LogP contribution >= 0.6 is 23.4 Å². The third-order valence-corrected chi connectivity index (χ3v) is 4.04. The first kappa shape index (κ1) is 15.7. The Bertz CT molecular complexity index is 645. The standard InChI is InChI=1S/C13H16ClN5OS/c1-3-16-12(20)8(2)21-13-18-17-11(19(13)15)9-5-4-6-10(14)7-9/h4-8H,3,15H2,1-2H3,(H,16,20)/t8-/m1/s1. The minimum absolute atomic E-state index is 0.0604. The number of amides is 1. The highest BCUT2D eigenvalue weighted by molar-refractivity contribution is 8.00. The highest BCUT2D eigenvalue weighted by Crippen LogP contribution is 2.26. The van der Waals surface area contributed by atoms with E-state index in [1.165, 1.54) is 16.4 Å². The number of rotatable bonds is 5. The van der Waals surface area contributed by atoms with E-state index in [9.17, 15) is 4.79 Å². The number of hydrogen-bond acceptors (Lipinski definition) is 5. The first-order chi connectivity index (χ1) is 10.0. The summed E-state index contributed by atoms with van der Waals surface area (Å²) in [6, 6.07) is 7.20. The summed E-state index contributed by atoms with van der Waals surface area (Å²) in [5, 5.41) is 11.6. The minimum Gasteiger partial charge on any atom is -0.355 e. The van der Waals surface area contributed by atoms with E-state index in [0.29, 0.717) is 22.5 Å². The maximum atomic E-state index is 11.7. The molecule has 6 nitrogen and oxygen atoms in total. The summed E-state index contributed by atoms with van der Waals surface area (Å²) in [7, 11) is 0. The summed E-state index contributed by atoms with van der Waals surface area (Å²) in [4.78, 5) is 11.7. The van der Waals surface area contributed by atoms with Gasteiger partial charge in [-0.05, 0) is 26.0 Å². The number of nitrogens with two attached hydrogens (primary N) is 1. The summed E-state index contributed by atoms with van der Waals surface area (Å²) >= 11 is 7.22. The normalized spacial score (nSPS) is 12.1. The van der Waals surface area contributed by atoms with E-state index in [4.69, 9.17) is 17.4 Å². The Morgan fingerprint density at radius 2 is 2.29 bits per heavy atom. The highest BCUT2D eigenvalue weighted by atomic mass is 35.5. The van der Waals surface area contributed by atoms with Crippen LogP contribution in [0.4, 0.5) is 0 Å². The van der Waals surface area contributed by atoms with Gasteiger partial charge < -0.3 is 11.2 Å². The van der Waals surface area contributed by atoms with E-state index in [2.05, 4.69) is 15.5 Å². The number of carbonyl (C=O) groups is 1. The molecule has 0 aliphatic heterocycles. The number of nitrogens with zero attached hydrogens (tertiary/aromatic N) is 3. The first-order valence-electron chi connectivity index (χ1n) is 6.43. The van der Waals surface area contributed by atoms with Crippen LogP contribution in [-0.4, -0.2) is 32.6 Å². The van der Waals surface area contributed by atoms with Crippen molar-refractivity contribution in [3.05, 3.63) is 29.3 Å². The van der Waals surface area contributed by atoms with Crippen LogP contribution in [0.15, 0.2) is 29.4 Å². The lowest BCUT2D eigenvalue weighted by Crippen LogP contribution is -2.31. The van der Waals surface area contributed by atoms with E-state index < -0.39 is 0 Å². The van der Waals surface area contributed by atoms with Crippen molar-refractivity contribution in [2.75, 3.05) is 12.4 Å². The van der Waals surface area contributed by atoms with Gasteiger partial charge in [0.1, 0.15) is 0 Å². The predicted molar refractivity (Wildman–Crippen MR) is 84.6 cm³/mol. The second kappa shape index (κ2) is 6.82. The smallest absolute Gasteiger partial charge is 0.233 e. The zero-order valence-corrected chi connectivity index (χ0v) is 13.3. The summed E-state index contributed by atoms with van der Waals surface area (Å²) < 4.78 is 1.37. The fourth-order valence-corrected chi connectivity index (χ4v) is 2.70. The number of aromatic nitrogens is 3. The van der Waals surface area contributed by atoms with Gasteiger partial charge in [0, 0.05) is 17.1 Å². The van der Waals surface area contributed by atoms with Crippen molar-refractivity contribution in [2.24, 2.45) is 0 Å². The van der Waals surface area contributed by atoms with Gasteiger partial charge in [-0.1, -0.05) is 35.5 Å². The Morgan fingerprint density at radius 1 is 1.52 bits per heavy atom. The van der Waals surface area contributed by atoms with Crippen molar-refractivity contribution >= 4 is 29.3 Å². The zero-order chi connectivity index (χ0) is 15.4. The predicted octanol–water partition coefficient (Wildman–Crippen LogP) is 1.93. The molecule has 1 aromatic heterocycles. The van der Waals surface area contributed by atoms with E-state index in [1.807, 2.05) is 19.1 Å². The Hall–Kier alpha value is -1.73. The number of thioether (sulfide) groups is 1. The quantitative estimate of drug-likeness (QED) is 0.648. The molecule has 0 fully saturated rings. The molecule has 1 aromatic carbocycles. The van der Waals surface area contributed by atoms with Crippen LogP contribution in [0.3, 0.4) is 0 Å². The van der Waals surface area contributed by atoms with Gasteiger partial charge in [0.25, 0.3) is 0 Å². The Balaban J connectivity index is 2.19.